The van der Waals surface area contributed by atoms with Crippen molar-refractivity contribution in [2.24, 2.45) is 0 Å². The molecule has 0 unspecified atom stereocenters. The summed E-state index contributed by atoms with van der Waals surface area (Å²) in [4.78, 5) is 9.62. The van der Waals surface area contributed by atoms with E-state index in [9.17, 15) is 8.42 Å². The van der Waals surface area contributed by atoms with Gasteiger partial charge in [0, 0.05) is 25.7 Å². The Balaban J connectivity index is 1.31. The van der Waals surface area contributed by atoms with Gasteiger partial charge in [0.2, 0.25) is 10.0 Å². The molecule has 0 spiro atoms. The van der Waals surface area contributed by atoms with Crippen molar-refractivity contribution in [2.75, 3.05) is 6.54 Å². The van der Waals surface area contributed by atoms with E-state index in [0.29, 0.717) is 11.4 Å². The van der Waals surface area contributed by atoms with E-state index in [-0.39, 0.29) is 6.54 Å². The number of nitrogens with one attached hydrogen (secondary N) is 1. The molecule has 6 nitrogen and oxygen atoms in total. The van der Waals surface area contributed by atoms with Crippen molar-refractivity contribution in [1.82, 2.24) is 19.3 Å². The first-order chi connectivity index (χ1) is 16.1. The Morgan fingerprint density at radius 3 is 2.58 bits per heavy atom. The van der Waals surface area contributed by atoms with Gasteiger partial charge < -0.3 is 4.57 Å². The number of aryl methyl sites for hydroxylation is 4. The quantitative estimate of drug-likeness (QED) is 0.430. The SMILES string of the molecule is O=S(=O)(NCCn1c(CCc2ccccc2)nc2cccnc21)c1ccc2c(c1)CCCC2. The van der Waals surface area contributed by atoms with Crippen molar-refractivity contribution < 1.29 is 8.42 Å². The molecule has 2 aromatic carbocycles. The topological polar surface area (TPSA) is 76.9 Å². The minimum absolute atomic E-state index is 0.278. The van der Waals surface area contributed by atoms with Crippen LogP contribution >= 0.6 is 0 Å². The maximum absolute atomic E-state index is 13.0. The largest absolute Gasteiger partial charge is 0.311 e. The maximum atomic E-state index is 13.0. The van der Waals surface area contributed by atoms with Crippen molar-refractivity contribution in [3.8, 4) is 0 Å². The molecule has 0 bridgehead atoms. The first kappa shape index (κ1) is 21.8. The van der Waals surface area contributed by atoms with Gasteiger partial charge in [-0.15, -0.1) is 0 Å². The highest BCUT2D eigenvalue weighted by Crippen LogP contribution is 2.24. The third kappa shape index (κ3) is 4.84. The third-order valence-electron chi connectivity index (χ3n) is 6.32. The highest BCUT2D eigenvalue weighted by Gasteiger charge is 2.18. The van der Waals surface area contributed by atoms with E-state index in [1.54, 1.807) is 12.3 Å². The molecular formula is C26H28N4O2S. The fourth-order valence-corrected chi connectivity index (χ4v) is 5.66. The van der Waals surface area contributed by atoms with Crippen LogP contribution in [0.15, 0.2) is 71.8 Å². The van der Waals surface area contributed by atoms with Crippen molar-refractivity contribution in [1.29, 1.82) is 0 Å². The van der Waals surface area contributed by atoms with E-state index in [1.165, 1.54) is 17.5 Å². The Labute approximate surface area is 194 Å². The number of imidazole rings is 1. The number of nitrogens with zero attached hydrogens (tertiary/aromatic N) is 3. The van der Waals surface area contributed by atoms with Gasteiger partial charge >= 0.3 is 0 Å². The summed E-state index contributed by atoms with van der Waals surface area (Å²) in [5.41, 5.74) is 5.31. The molecule has 0 fully saturated rings. The highest BCUT2D eigenvalue weighted by molar-refractivity contribution is 7.89. The molecule has 0 saturated heterocycles. The number of hydrogen-bond acceptors (Lipinski definition) is 4. The zero-order valence-corrected chi connectivity index (χ0v) is 19.4. The predicted molar refractivity (Wildman–Crippen MR) is 130 cm³/mol. The van der Waals surface area contributed by atoms with Crippen LogP contribution in [0.4, 0.5) is 0 Å². The Hall–Kier alpha value is -3.03. The van der Waals surface area contributed by atoms with Gasteiger partial charge in [-0.05, 0) is 73.1 Å². The number of benzene rings is 2. The molecule has 2 heterocycles. The number of hydrogen-bond donors (Lipinski definition) is 1. The molecule has 0 aliphatic heterocycles. The van der Waals surface area contributed by atoms with E-state index in [2.05, 4.69) is 21.8 Å². The Kier molecular flexibility index (Phi) is 6.24. The van der Waals surface area contributed by atoms with Crippen molar-refractivity contribution in [2.45, 2.75) is 50.0 Å². The number of sulfonamides is 1. The monoisotopic (exact) mass is 460 g/mol. The van der Waals surface area contributed by atoms with E-state index in [0.717, 1.165) is 54.7 Å². The van der Waals surface area contributed by atoms with Crippen molar-refractivity contribution in [3.05, 3.63) is 89.4 Å². The summed E-state index contributed by atoms with van der Waals surface area (Å²) in [6, 6.07) is 19.7. The Bertz CT molecular complexity index is 1360. The smallest absolute Gasteiger partial charge is 0.240 e. The van der Waals surface area contributed by atoms with E-state index in [4.69, 9.17) is 4.98 Å². The van der Waals surface area contributed by atoms with Crippen LogP contribution in [0.1, 0.15) is 35.4 Å². The van der Waals surface area contributed by atoms with Crippen LogP contribution in [0.2, 0.25) is 0 Å². The fraction of sp³-hybridized carbons (Fsp3) is 0.308. The standard InChI is InChI=1S/C26H28N4O2S/c31-33(32,23-14-13-21-9-4-5-10-22(21)19-23)28-17-18-30-25(15-12-20-7-2-1-3-8-20)29-24-11-6-16-27-26(24)30/h1-3,6-8,11,13-14,16,19,28H,4-5,9-10,12,15,17-18H2. The lowest BCUT2D eigenvalue weighted by molar-refractivity contribution is 0.569. The molecule has 0 amide bonds. The predicted octanol–water partition coefficient (Wildman–Crippen LogP) is 4.07. The Morgan fingerprint density at radius 2 is 1.73 bits per heavy atom. The summed E-state index contributed by atoms with van der Waals surface area (Å²) in [6.07, 6.45) is 7.67. The van der Waals surface area contributed by atoms with Gasteiger partial charge in [-0.2, -0.15) is 0 Å². The maximum Gasteiger partial charge on any atom is 0.240 e. The van der Waals surface area contributed by atoms with Gasteiger partial charge in [0.25, 0.3) is 0 Å². The van der Waals surface area contributed by atoms with Gasteiger partial charge in [-0.3, -0.25) is 0 Å². The van der Waals surface area contributed by atoms with Gasteiger partial charge in [0.1, 0.15) is 11.3 Å². The van der Waals surface area contributed by atoms with Crippen LogP contribution in [0.5, 0.6) is 0 Å². The molecule has 0 radical (unpaired) electrons. The molecule has 0 atom stereocenters. The molecule has 33 heavy (non-hydrogen) atoms. The van der Waals surface area contributed by atoms with Crippen LogP contribution in [0.3, 0.4) is 0 Å². The second kappa shape index (κ2) is 9.45. The zero-order valence-electron chi connectivity index (χ0n) is 18.6. The lowest BCUT2D eigenvalue weighted by Crippen LogP contribution is -2.28. The van der Waals surface area contributed by atoms with Crippen LogP contribution in [-0.4, -0.2) is 29.5 Å². The Morgan fingerprint density at radius 1 is 0.909 bits per heavy atom. The minimum atomic E-state index is -3.57. The summed E-state index contributed by atoms with van der Waals surface area (Å²) in [5.74, 6) is 0.917. The second-order valence-corrected chi connectivity index (χ2v) is 10.3. The lowest BCUT2D eigenvalue weighted by atomic mass is 9.92. The fourth-order valence-electron chi connectivity index (χ4n) is 4.58. The number of rotatable bonds is 8. The van der Waals surface area contributed by atoms with Gasteiger partial charge in [0.05, 0.1) is 4.90 Å². The zero-order chi connectivity index (χ0) is 22.7. The summed E-state index contributed by atoms with van der Waals surface area (Å²) in [5, 5.41) is 0. The van der Waals surface area contributed by atoms with E-state index in [1.807, 2.05) is 47.0 Å². The second-order valence-electron chi connectivity index (χ2n) is 8.55. The number of aromatic nitrogens is 3. The molecule has 1 aliphatic rings. The van der Waals surface area contributed by atoms with Crippen LogP contribution in [0.25, 0.3) is 11.2 Å². The molecular weight excluding hydrogens is 432 g/mol. The van der Waals surface area contributed by atoms with Gasteiger partial charge in [-0.25, -0.2) is 23.1 Å². The molecule has 5 rings (SSSR count). The number of pyridine rings is 1. The summed E-state index contributed by atoms with van der Waals surface area (Å²) in [7, 11) is -3.57. The highest BCUT2D eigenvalue weighted by atomic mass is 32.2. The molecule has 2 aromatic heterocycles. The van der Waals surface area contributed by atoms with E-state index >= 15 is 0 Å². The molecule has 4 aromatic rings. The first-order valence-electron chi connectivity index (χ1n) is 11.6. The average molecular weight is 461 g/mol. The van der Waals surface area contributed by atoms with Crippen LogP contribution < -0.4 is 4.72 Å². The van der Waals surface area contributed by atoms with E-state index < -0.39 is 10.0 Å². The van der Waals surface area contributed by atoms with Gasteiger partial charge in [-0.1, -0.05) is 36.4 Å². The normalized spacial score (nSPS) is 13.8. The molecule has 170 valence electrons. The van der Waals surface area contributed by atoms with Gasteiger partial charge in [0.15, 0.2) is 5.65 Å². The summed E-state index contributed by atoms with van der Waals surface area (Å²) in [6.45, 7) is 0.752. The average Bonchev–Trinajstić information content (AvgIpc) is 3.20. The van der Waals surface area contributed by atoms with Crippen LogP contribution in [-0.2, 0) is 42.3 Å². The minimum Gasteiger partial charge on any atom is -0.311 e. The molecule has 0 saturated carbocycles. The summed E-state index contributed by atoms with van der Waals surface area (Å²) >= 11 is 0. The van der Waals surface area contributed by atoms with Crippen LogP contribution in [0, 0.1) is 0 Å². The van der Waals surface area contributed by atoms with Crippen molar-refractivity contribution in [3.63, 3.8) is 0 Å². The molecule has 1 N–H and O–H groups in total. The molecule has 1 aliphatic carbocycles. The first-order valence-corrected chi connectivity index (χ1v) is 13.0. The lowest BCUT2D eigenvalue weighted by Gasteiger charge is -2.17. The molecule has 7 heteroatoms. The third-order valence-corrected chi connectivity index (χ3v) is 7.78. The summed E-state index contributed by atoms with van der Waals surface area (Å²) < 4.78 is 30.7. The van der Waals surface area contributed by atoms with Crippen molar-refractivity contribution >= 4 is 21.2 Å². The number of fused-ring (bicyclic) bond motifs is 2.